The van der Waals surface area contributed by atoms with Crippen LogP contribution in [0.2, 0.25) is 0 Å². The van der Waals surface area contributed by atoms with Gasteiger partial charge in [-0.3, -0.25) is 9.52 Å². The second kappa shape index (κ2) is 9.39. The van der Waals surface area contributed by atoms with Crippen molar-refractivity contribution in [3.63, 3.8) is 0 Å². The molecule has 0 saturated carbocycles. The van der Waals surface area contributed by atoms with Crippen LogP contribution in [0, 0.1) is 0 Å². The molecule has 2 aromatic carbocycles. The van der Waals surface area contributed by atoms with Gasteiger partial charge < -0.3 is 4.74 Å². The summed E-state index contributed by atoms with van der Waals surface area (Å²) in [6, 6.07) is 12.3. The summed E-state index contributed by atoms with van der Waals surface area (Å²) in [6.07, 6.45) is 4.04. The van der Waals surface area contributed by atoms with Crippen molar-refractivity contribution in [1.82, 2.24) is 9.78 Å². The Morgan fingerprint density at radius 3 is 2.39 bits per heavy atom. The van der Waals surface area contributed by atoms with E-state index in [4.69, 9.17) is 4.74 Å². The molecule has 0 atom stereocenters. The molecule has 0 fully saturated rings. The highest BCUT2D eigenvalue weighted by Gasteiger charge is 2.23. The van der Waals surface area contributed by atoms with E-state index in [2.05, 4.69) is 9.82 Å². The lowest BCUT2D eigenvalue weighted by molar-refractivity contribution is 0.340. The molecule has 1 aliphatic carbocycles. The van der Waals surface area contributed by atoms with Gasteiger partial charge in [0.05, 0.1) is 17.2 Å². The molecule has 174 valence electrons. The molecule has 0 bridgehead atoms. The monoisotopic (exact) mass is 467 g/mol. The largest absolute Gasteiger partial charge is 0.494 e. The summed E-state index contributed by atoms with van der Waals surface area (Å²) in [5.74, 6) is 0.683. The van der Waals surface area contributed by atoms with Crippen molar-refractivity contribution < 1.29 is 13.2 Å². The fourth-order valence-corrected chi connectivity index (χ4v) is 5.72. The van der Waals surface area contributed by atoms with Gasteiger partial charge in [-0.15, -0.1) is 0 Å². The summed E-state index contributed by atoms with van der Waals surface area (Å²) in [4.78, 5) is 12.8. The number of ether oxygens (including phenoxy) is 1. The van der Waals surface area contributed by atoms with E-state index in [1.165, 1.54) is 4.68 Å². The summed E-state index contributed by atoms with van der Waals surface area (Å²) >= 11 is 0. The van der Waals surface area contributed by atoms with Crippen LogP contribution in [-0.4, -0.2) is 24.8 Å². The molecule has 0 aliphatic heterocycles. The van der Waals surface area contributed by atoms with Gasteiger partial charge in [0.15, 0.2) is 0 Å². The molecule has 4 rings (SSSR count). The molecule has 1 N–H and O–H groups in total. The zero-order valence-corrected chi connectivity index (χ0v) is 20.0. The molecule has 3 aromatic rings. The standard InChI is InChI=1S/C25H29N3O4S/c1-4-17-10-11-18(24-21-8-6-7-9-22(21)25(29)28(3)26-24)16-23(17)33(30,31)27-19-12-14-20(15-13-19)32-5-2/h10-16,27H,4-9H2,1-3H3. The van der Waals surface area contributed by atoms with Crippen molar-refractivity contribution in [2.24, 2.45) is 7.05 Å². The van der Waals surface area contributed by atoms with Crippen molar-refractivity contribution in [2.45, 2.75) is 50.8 Å². The van der Waals surface area contributed by atoms with Crippen molar-refractivity contribution in [1.29, 1.82) is 0 Å². The van der Waals surface area contributed by atoms with Crippen LogP contribution in [0.4, 0.5) is 5.69 Å². The third kappa shape index (κ3) is 4.66. The summed E-state index contributed by atoms with van der Waals surface area (Å²) in [5, 5.41) is 4.52. The molecule has 1 heterocycles. The van der Waals surface area contributed by atoms with Crippen LogP contribution in [-0.2, 0) is 36.3 Å². The molecular formula is C25H29N3O4S. The fraction of sp³-hybridized carbons (Fsp3) is 0.360. The first-order chi connectivity index (χ1) is 15.8. The maximum Gasteiger partial charge on any atom is 0.269 e. The molecule has 0 radical (unpaired) electrons. The van der Waals surface area contributed by atoms with E-state index in [0.717, 1.165) is 42.4 Å². The van der Waals surface area contributed by atoms with Crippen LogP contribution in [0.5, 0.6) is 5.75 Å². The Hall–Kier alpha value is -3.13. The fourth-order valence-electron chi connectivity index (χ4n) is 4.33. The third-order valence-corrected chi connectivity index (χ3v) is 7.45. The van der Waals surface area contributed by atoms with Gasteiger partial charge in [-0.1, -0.05) is 19.1 Å². The molecule has 0 spiro atoms. The van der Waals surface area contributed by atoms with Crippen molar-refractivity contribution >= 4 is 15.7 Å². The van der Waals surface area contributed by atoms with Gasteiger partial charge in [-0.2, -0.15) is 5.10 Å². The number of sulfonamides is 1. The first-order valence-corrected chi connectivity index (χ1v) is 12.8. The maximum absolute atomic E-state index is 13.4. The smallest absolute Gasteiger partial charge is 0.269 e. The number of nitrogens with one attached hydrogen (secondary N) is 1. The van der Waals surface area contributed by atoms with E-state index < -0.39 is 10.0 Å². The Bertz CT molecular complexity index is 1330. The van der Waals surface area contributed by atoms with E-state index in [1.807, 2.05) is 26.0 Å². The first-order valence-electron chi connectivity index (χ1n) is 11.3. The third-order valence-electron chi connectivity index (χ3n) is 5.98. The number of rotatable bonds is 7. The highest BCUT2D eigenvalue weighted by atomic mass is 32.2. The molecule has 0 amide bonds. The molecule has 0 saturated heterocycles. The van der Waals surface area contributed by atoms with Crippen LogP contribution < -0.4 is 15.0 Å². The number of aryl methyl sites for hydroxylation is 2. The van der Waals surface area contributed by atoms with E-state index in [9.17, 15) is 13.2 Å². The molecule has 1 aromatic heterocycles. The average molecular weight is 468 g/mol. The van der Waals surface area contributed by atoms with Gasteiger partial charge >= 0.3 is 0 Å². The molecule has 1 aliphatic rings. The number of hydrogen-bond donors (Lipinski definition) is 1. The van der Waals surface area contributed by atoms with Gasteiger partial charge in [0.25, 0.3) is 15.6 Å². The maximum atomic E-state index is 13.4. The lowest BCUT2D eigenvalue weighted by Gasteiger charge is -2.20. The quantitative estimate of drug-likeness (QED) is 0.565. The van der Waals surface area contributed by atoms with Crippen molar-refractivity contribution in [3.05, 3.63) is 69.5 Å². The van der Waals surface area contributed by atoms with Gasteiger partial charge in [-0.25, -0.2) is 13.1 Å². The van der Waals surface area contributed by atoms with Gasteiger partial charge in [0.1, 0.15) is 5.75 Å². The second-order valence-electron chi connectivity index (χ2n) is 8.18. The Morgan fingerprint density at radius 2 is 1.73 bits per heavy atom. The van der Waals surface area contributed by atoms with E-state index in [0.29, 0.717) is 35.7 Å². The van der Waals surface area contributed by atoms with Gasteiger partial charge in [-0.05, 0) is 80.5 Å². The zero-order valence-electron chi connectivity index (χ0n) is 19.2. The number of benzene rings is 2. The Balaban J connectivity index is 1.76. The van der Waals surface area contributed by atoms with Crippen LogP contribution in [0.1, 0.15) is 43.4 Å². The Kier molecular flexibility index (Phi) is 6.56. The zero-order chi connectivity index (χ0) is 23.6. The Morgan fingerprint density at radius 1 is 1.03 bits per heavy atom. The summed E-state index contributed by atoms with van der Waals surface area (Å²) in [7, 11) is -2.19. The summed E-state index contributed by atoms with van der Waals surface area (Å²) in [6.45, 7) is 4.37. The predicted molar refractivity (Wildman–Crippen MR) is 129 cm³/mol. The topological polar surface area (TPSA) is 90.3 Å². The van der Waals surface area contributed by atoms with Gasteiger partial charge in [0.2, 0.25) is 0 Å². The van der Waals surface area contributed by atoms with E-state index in [1.54, 1.807) is 37.4 Å². The molecule has 8 heteroatoms. The van der Waals surface area contributed by atoms with Gasteiger partial charge in [0, 0.05) is 23.9 Å². The number of aromatic nitrogens is 2. The number of hydrogen-bond acceptors (Lipinski definition) is 5. The predicted octanol–water partition coefficient (Wildman–Crippen LogP) is 4.09. The Labute approximate surface area is 194 Å². The second-order valence-corrected chi connectivity index (χ2v) is 9.83. The first kappa shape index (κ1) is 23.0. The molecular weight excluding hydrogens is 438 g/mol. The number of anilines is 1. The summed E-state index contributed by atoms with van der Waals surface area (Å²) in [5.41, 5.74) is 4.24. The minimum absolute atomic E-state index is 0.0661. The van der Waals surface area contributed by atoms with Crippen LogP contribution >= 0.6 is 0 Å². The summed E-state index contributed by atoms with van der Waals surface area (Å²) < 4.78 is 36.2. The average Bonchev–Trinajstić information content (AvgIpc) is 2.82. The highest BCUT2D eigenvalue weighted by Crippen LogP contribution is 2.31. The van der Waals surface area contributed by atoms with Crippen molar-refractivity contribution in [3.8, 4) is 17.0 Å². The molecule has 33 heavy (non-hydrogen) atoms. The minimum Gasteiger partial charge on any atom is -0.494 e. The minimum atomic E-state index is -3.84. The molecule has 0 unspecified atom stereocenters. The SMILES string of the molecule is CCOc1ccc(NS(=O)(=O)c2cc(-c3nn(C)c(=O)c4c3CCCC4)ccc2CC)cc1. The molecule has 7 nitrogen and oxygen atoms in total. The van der Waals surface area contributed by atoms with Crippen LogP contribution in [0.15, 0.2) is 52.2 Å². The van der Waals surface area contributed by atoms with Crippen molar-refractivity contribution in [2.75, 3.05) is 11.3 Å². The van der Waals surface area contributed by atoms with Crippen LogP contribution in [0.25, 0.3) is 11.3 Å². The number of nitrogens with zero attached hydrogens (tertiary/aromatic N) is 2. The normalized spacial score (nSPS) is 13.4. The van der Waals surface area contributed by atoms with E-state index >= 15 is 0 Å². The van der Waals surface area contributed by atoms with E-state index in [-0.39, 0.29) is 10.5 Å². The lowest BCUT2D eigenvalue weighted by atomic mass is 9.89. The van der Waals surface area contributed by atoms with Crippen LogP contribution in [0.3, 0.4) is 0 Å². The lowest BCUT2D eigenvalue weighted by Crippen LogP contribution is -2.28. The highest BCUT2D eigenvalue weighted by molar-refractivity contribution is 7.92. The number of fused-ring (bicyclic) bond motifs is 1.